The highest BCUT2D eigenvalue weighted by Crippen LogP contribution is 2.26. The lowest BCUT2D eigenvalue weighted by Crippen LogP contribution is -2.40. The maximum Gasteiger partial charge on any atom is 0.225 e. The summed E-state index contributed by atoms with van der Waals surface area (Å²) in [6.07, 6.45) is 1.59. The van der Waals surface area contributed by atoms with E-state index in [1.807, 2.05) is 0 Å². The van der Waals surface area contributed by atoms with Gasteiger partial charge in [-0.15, -0.1) is 0 Å². The van der Waals surface area contributed by atoms with Crippen LogP contribution in [0.2, 0.25) is 0 Å². The highest BCUT2D eigenvalue weighted by molar-refractivity contribution is 8.76. The van der Waals surface area contributed by atoms with Crippen LogP contribution in [0.5, 0.6) is 0 Å². The molecule has 4 saturated heterocycles. The molecule has 19 heteroatoms. The molecular formula is C33H53N9O8S2. The van der Waals surface area contributed by atoms with Crippen molar-refractivity contribution in [2.45, 2.75) is 38.5 Å². The zero-order valence-corrected chi connectivity index (χ0v) is 31.3. The number of hydrogen-bond donors (Lipinski definition) is 5. The molecule has 7 N–H and O–H groups in total. The summed E-state index contributed by atoms with van der Waals surface area (Å²) in [5.74, 6) is -1.31. The van der Waals surface area contributed by atoms with E-state index in [2.05, 4.69) is 16.0 Å². The van der Waals surface area contributed by atoms with Gasteiger partial charge in [-0.1, -0.05) is 21.6 Å². The number of likely N-dealkylation sites (tertiary alicyclic amines) is 4. The van der Waals surface area contributed by atoms with Crippen LogP contribution in [0.4, 0.5) is 0 Å². The number of rotatable bonds is 22. The number of nitrogens with one attached hydrogen (secondary N) is 3. The third-order valence-electron chi connectivity index (χ3n) is 9.83. The fraction of sp³-hybridized carbons (Fsp3) is 0.758. The number of carbonyl (C=O) groups excluding carboxylic acids is 8. The van der Waals surface area contributed by atoms with E-state index in [1.165, 1.54) is 0 Å². The van der Waals surface area contributed by atoms with Crippen molar-refractivity contribution in [1.82, 2.24) is 35.6 Å². The minimum Gasteiger partial charge on any atom is -0.355 e. The fourth-order valence-corrected chi connectivity index (χ4v) is 8.83. The van der Waals surface area contributed by atoms with E-state index in [0.717, 1.165) is 0 Å². The highest BCUT2D eigenvalue weighted by Gasteiger charge is 2.37. The molecule has 0 spiro atoms. The number of amides is 7. The van der Waals surface area contributed by atoms with Gasteiger partial charge in [0.05, 0.1) is 17.8 Å². The van der Waals surface area contributed by atoms with E-state index in [4.69, 9.17) is 11.5 Å². The van der Waals surface area contributed by atoms with E-state index in [1.54, 1.807) is 41.2 Å². The average Bonchev–Trinajstić information content (AvgIpc) is 3.89. The van der Waals surface area contributed by atoms with Crippen LogP contribution in [0.1, 0.15) is 38.5 Å². The standard InChI is InChI=1S/C33H53N9O8S2/c34-3-1-2-26(43)22-14-27(44)39(18-22)8-6-37-32(49)24-16-29(46)41(20-24)10-12-51-52-13-11-42-21-25(17-30(42)47)33(50)38-7-9-40-19-23(15-28(40)45)31(48)36-5-4-35/h22-25H,1-21,34-35H2,(H,36,48)(H,37,49)(H,38,50). The topological polar surface area (TPSA) is 238 Å². The second-order valence-corrected chi connectivity index (χ2v) is 16.3. The van der Waals surface area contributed by atoms with Crippen LogP contribution < -0.4 is 27.4 Å². The maximum atomic E-state index is 12.7. The Labute approximate surface area is 312 Å². The first-order valence-electron chi connectivity index (χ1n) is 18.1. The highest BCUT2D eigenvalue weighted by atomic mass is 33.1. The first-order chi connectivity index (χ1) is 25.0. The first-order valence-corrected chi connectivity index (χ1v) is 20.6. The van der Waals surface area contributed by atoms with E-state index in [9.17, 15) is 38.4 Å². The molecule has 4 unspecified atom stereocenters. The Balaban J connectivity index is 1.03. The molecule has 4 heterocycles. The van der Waals surface area contributed by atoms with Gasteiger partial charge >= 0.3 is 0 Å². The molecule has 290 valence electrons. The Morgan fingerprint density at radius 1 is 0.538 bits per heavy atom. The van der Waals surface area contributed by atoms with Crippen molar-refractivity contribution in [2.75, 3.05) is 96.6 Å². The van der Waals surface area contributed by atoms with Gasteiger partial charge < -0.3 is 47.0 Å². The van der Waals surface area contributed by atoms with Crippen molar-refractivity contribution in [1.29, 1.82) is 0 Å². The van der Waals surface area contributed by atoms with Gasteiger partial charge in [0.15, 0.2) is 0 Å². The van der Waals surface area contributed by atoms with Crippen LogP contribution >= 0.6 is 21.6 Å². The Morgan fingerprint density at radius 2 is 0.904 bits per heavy atom. The van der Waals surface area contributed by atoms with Gasteiger partial charge in [0.25, 0.3) is 0 Å². The fourth-order valence-electron chi connectivity index (χ4n) is 6.85. The van der Waals surface area contributed by atoms with Crippen LogP contribution in [0.25, 0.3) is 0 Å². The zero-order valence-electron chi connectivity index (χ0n) is 29.7. The lowest BCUT2D eigenvalue weighted by atomic mass is 9.99. The number of nitrogens with two attached hydrogens (primary N) is 2. The minimum atomic E-state index is -0.460. The predicted octanol–water partition coefficient (Wildman–Crippen LogP) is -2.62. The monoisotopic (exact) mass is 767 g/mol. The summed E-state index contributed by atoms with van der Waals surface area (Å²) in [7, 11) is 3.16. The Hall–Kier alpha value is -3.42. The van der Waals surface area contributed by atoms with Crippen LogP contribution in [0.3, 0.4) is 0 Å². The minimum absolute atomic E-state index is 0.0537. The van der Waals surface area contributed by atoms with Gasteiger partial charge in [-0.25, -0.2) is 0 Å². The quantitative estimate of drug-likeness (QED) is 0.0563. The van der Waals surface area contributed by atoms with Crippen molar-refractivity contribution in [3.8, 4) is 0 Å². The van der Waals surface area contributed by atoms with Gasteiger partial charge in [-0.2, -0.15) is 0 Å². The van der Waals surface area contributed by atoms with E-state index < -0.39 is 17.8 Å². The number of hydrogen-bond acceptors (Lipinski definition) is 12. The molecule has 0 bridgehead atoms. The van der Waals surface area contributed by atoms with E-state index in [-0.39, 0.29) is 91.8 Å². The molecule has 0 aromatic heterocycles. The molecule has 4 atom stereocenters. The van der Waals surface area contributed by atoms with Gasteiger partial charge in [-0.3, -0.25) is 38.4 Å². The largest absolute Gasteiger partial charge is 0.355 e. The zero-order chi connectivity index (χ0) is 37.6. The molecule has 52 heavy (non-hydrogen) atoms. The van der Waals surface area contributed by atoms with Gasteiger partial charge in [-0.05, 0) is 13.0 Å². The lowest BCUT2D eigenvalue weighted by Gasteiger charge is -2.19. The van der Waals surface area contributed by atoms with Crippen LogP contribution in [0, 0.1) is 23.7 Å². The predicted molar refractivity (Wildman–Crippen MR) is 195 cm³/mol. The molecular weight excluding hydrogens is 715 g/mol. The van der Waals surface area contributed by atoms with Crippen molar-refractivity contribution in [2.24, 2.45) is 35.1 Å². The Bertz CT molecular complexity index is 1240. The molecule has 7 amide bonds. The number of ketones is 1. The number of carbonyl (C=O) groups is 8. The third kappa shape index (κ3) is 12.1. The molecule has 4 rings (SSSR count). The number of Topliss-reactive ketones (excluding diaryl/α,β-unsaturated/α-hetero) is 1. The summed E-state index contributed by atoms with van der Waals surface area (Å²) in [5.41, 5.74) is 10.9. The van der Waals surface area contributed by atoms with E-state index in [0.29, 0.717) is 96.3 Å². The summed E-state index contributed by atoms with van der Waals surface area (Å²) < 4.78 is 0. The molecule has 17 nitrogen and oxygen atoms in total. The molecule has 0 aliphatic carbocycles. The second kappa shape index (κ2) is 20.7. The normalized spacial score (nSPS) is 23.3. The van der Waals surface area contributed by atoms with Gasteiger partial charge in [0.2, 0.25) is 41.4 Å². The third-order valence-corrected chi connectivity index (χ3v) is 12.2. The lowest BCUT2D eigenvalue weighted by molar-refractivity contribution is -0.129. The smallest absolute Gasteiger partial charge is 0.225 e. The van der Waals surface area contributed by atoms with Crippen molar-refractivity contribution < 1.29 is 38.4 Å². The first kappa shape index (κ1) is 41.3. The second-order valence-electron chi connectivity index (χ2n) is 13.6. The number of nitrogens with zero attached hydrogens (tertiary/aromatic N) is 4. The SMILES string of the molecule is NCCCC(=O)C1CC(=O)N(CCNC(=O)C2CC(=O)N(CCSSCCN3CC(C(=O)NCCN4CC(C(=O)NCCN)CC4=O)CC3=O)C2)C1. The molecule has 0 radical (unpaired) electrons. The summed E-state index contributed by atoms with van der Waals surface area (Å²) >= 11 is 0. The van der Waals surface area contributed by atoms with Gasteiger partial charge in [0.1, 0.15) is 5.78 Å². The maximum absolute atomic E-state index is 12.7. The van der Waals surface area contributed by atoms with Crippen molar-refractivity contribution in [3.63, 3.8) is 0 Å². The molecule has 0 aromatic rings. The summed E-state index contributed by atoms with van der Waals surface area (Å²) in [4.78, 5) is 106. The van der Waals surface area contributed by atoms with Crippen molar-refractivity contribution >= 4 is 68.7 Å². The van der Waals surface area contributed by atoms with Crippen LogP contribution in [-0.4, -0.2) is 163 Å². The van der Waals surface area contributed by atoms with Crippen molar-refractivity contribution in [3.05, 3.63) is 0 Å². The molecule has 4 aliphatic heterocycles. The molecule has 4 aliphatic rings. The molecule has 4 fully saturated rings. The Morgan fingerprint density at radius 3 is 1.31 bits per heavy atom. The van der Waals surface area contributed by atoms with E-state index >= 15 is 0 Å². The van der Waals surface area contributed by atoms with Crippen LogP contribution in [-0.2, 0) is 38.4 Å². The Kier molecular flexibility index (Phi) is 16.5. The molecule has 0 aromatic carbocycles. The molecule has 0 saturated carbocycles. The van der Waals surface area contributed by atoms with Gasteiger partial charge in [0, 0.05) is 128 Å². The summed E-state index contributed by atoms with van der Waals surface area (Å²) in [5, 5.41) is 8.37. The summed E-state index contributed by atoms with van der Waals surface area (Å²) in [6, 6.07) is 0. The van der Waals surface area contributed by atoms with Crippen LogP contribution in [0.15, 0.2) is 0 Å². The average molecular weight is 768 g/mol. The summed E-state index contributed by atoms with van der Waals surface area (Å²) in [6.45, 7) is 4.56.